The maximum atomic E-state index is 5.94. The molecule has 1 N–H and O–H groups in total. The van der Waals surface area contributed by atoms with Crippen LogP contribution in [0.5, 0.6) is 0 Å². The van der Waals surface area contributed by atoms with Crippen LogP contribution in [-0.4, -0.2) is 42.6 Å². The molecule has 0 bridgehead atoms. The van der Waals surface area contributed by atoms with Crippen LogP contribution >= 0.6 is 23.4 Å². The highest BCUT2D eigenvalue weighted by Crippen LogP contribution is 2.23. The zero-order chi connectivity index (χ0) is 14.4. The van der Waals surface area contributed by atoms with Crippen LogP contribution in [0.4, 0.5) is 0 Å². The number of benzene rings is 1. The number of nitrogens with one attached hydrogen (secondary N) is 1. The van der Waals surface area contributed by atoms with Crippen LogP contribution in [0.2, 0.25) is 5.02 Å². The van der Waals surface area contributed by atoms with Gasteiger partial charge in [-0.15, -0.1) is 0 Å². The highest BCUT2D eigenvalue weighted by atomic mass is 35.5. The monoisotopic (exact) mass is 312 g/mol. The van der Waals surface area contributed by atoms with Gasteiger partial charge in [-0.1, -0.05) is 23.7 Å². The molecule has 1 unspecified atom stereocenters. The van der Waals surface area contributed by atoms with Crippen molar-refractivity contribution >= 4 is 23.4 Å². The van der Waals surface area contributed by atoms with Crippen molar-refractivity contribution in [1.29, 1.82) is 0 Å². The predicted molar refractivity (Wildman–Crippen MR) is 90.8 cm³/mol. The van der Waals surface area contributed by atoms with Gasteiger partial charge in [0.1, 0.15) is 0 Å². The molecule has 1 atom stereocenters. The average Bonchev–Trinajstić information content (AvgIpc) is 2.48. The molecular weight excluding hydrogens is 288 g/mol. The molecule has 112 valence electrons. The van der Waals surface area contributed by atoms with Crippen LogP contribution in [0.1, 0.15) is 31.4 Å². The average molecular weight is 313 g/mol. The standard InChI is InChI=1S/C16H25ClN2S/c1-13(14-3-5-15(17)6-4-14)19(2)11-12-20-16-7-9-18-10-8-16/h3-6,13,16,18H,7-12H2,1-2H3. The first-order chi connectivity index (χ1) is 9.66. The summed E-state index contributed by atoms with van der Waals surface area (Å²) in [6, 6.07) is 8.66. The van der Waals surface area contributed by atoms with E-state index in [1.54, 1.807) is 0 Å². The third-order valence-electron chi connectivity index (χ3n) is 4.10. The molecule has 1 heterocycles. The summed E-state index contributed by atoms with van der Waals surface area (Å²) >= 11 is 8.08. The first kappa shape index (κ1) is 16.2. The molecule has 1 saturated heterocycles. The lowest BCUT2D eigenvalue weighted by Gasteiger charge is -2.27. The highest BCUT2D eigenvalue weighted by Gasteiger charge is 2.15. The van der Waals surface area contributed by atoms with Gasteiger partial charge in [0.05, 0.1) is 0 Å². The topological polar surface area (TPSA) is 15.3 Å². The molecule has 0 aliphatic carbocycles. The Kier molecular flexibility index (Phi) is 6.69. The SMILES string of the molecule is CC(c1ccc(Cl)cc1)N(C)CCSC1CCNCC1. The molecule has 1 aromatic rings. The van der Waals surface area contributed by atoms with Gasteiger partial charge < -0.3 is 5.32 Å². The normalized spacial score (nSPS) is 18.4. The van der Waals surface area contributed by atoms with Gasteiger partial charge >= 0.3 is 0 Å². The number of piperidine rings is 1. The van der Waals surface area contributed by atoms with E-state index in [2.05, 4.69) is 48.1 Å². The van der Waals surface area contributed by atoms with Crippen LogP contribution in [-0.2, 0) is 0 Å². The molecule has 1 aliphatic heterocycles. The molecular formula is C16H25ClN2S. The fourth-order valence-corrected chi connectivity index (χ4v) is 3.94. The number of rotatable bonds is 6. The van der Waals surface area contributed by atoms with Gasteiger partial charge in [-0.3, -0.25) is 4.90 Å². The molecule has 1 aliphatic rings. The molecule has 0 spiro atoms. The van der Waals surface area contributed by atoms with Crippen molar-refractivity contribution in [2.45, 2.75) is 31.1 Å². The Bertz CT molecular complexity index is 390. The van der Waals surface area contributed by atoms with E-state index in [0.29, 0.717) is 6.04 Å². The predicted octanol–water partition coefficient (Wildman–Crippen LogP) is 3.82. The van der Waals surface area contributed by atoms with Crippen molar-refractivity contribution in [3.8, 4) is 0 Å². The van der Waals surface area contributed by atoms with Gasteiger partial charge in [-0.2, -0.15) is 11.8 Å². The summed E-state index contributed by atoms with van der Waals surface area (Å²) in [7, 11) is 2.21. The van der Waals surface area contributed by atoms with E-state index in [4.69, 9.17) is 11.6 Å². The Morgan fingerprint density at radius 1 is 1.30 bits per heavy atom. The molecule has 4 heteroatoms. The molecule has 2 nitrogen and oxygen atoms in total. The molecule has 20 heavy (non-hydrogen) atoms. The second-order valence-corrected chi connectivity index (χ2v) is 7.37. The fraction of sp³-hybridized carbons (Fsp3) is 0.625. The summed E-state index contributed by atoms with van der Waals surface area (Å²) in [5.41, 5.74) is 1.34. The molecule has 0 amide bonds. The molecule has 0 saturated carbocycles. The molecule has 0 radical (unpaired) electrons. The summed E-state index contributed by atoms with van der Waals surface area (Å²) in [6.45, 7) is 5.78. The van der Waals surface area contributed by atoms with Crippen molar-refractivity contribution < 1.29 is 0 Å². The minimum Gasteiger partial charge on any atom is -0.317 e. The van der Waals surface area contributed by atoms with Gasteiger partial charge in [-0.25, -0.2) is 0 Å². The first-order valence-corrected chi connectivity index (χ1v) is 8.87. The van der Waals surface area contributed by atoms with E-state index in [-0.39, 0.29) is 0 Å². The number of thioether (sulfide) groups is 1. The number of hydrogen-bond acceptors (Lipinski definition) is 3. The minimum atomic E-state index is 0.445. The van der Waals surface area contributed by atoms with Crippen LogP contribution < -0.4 is 5.32 Å². The minimum absolute atomic E-state index is 0.445. The van der Waals surface area contributed by atoms with E-state index in [1.165, 1.54) is 37.2 Å². The molecule has 1 aromatic carbocycles. The van der Waals surface area contributed by atoms with Crippen molar-refractivity contribution in [2.75, 3.05) is 32.4 Å². The van der Waals surface area contributed by atoms with Crippen molar-refractivity contribution in [3.05, 3.63) is 34.9 Å². The Labute approximate surface area is 132 Å². The number of hydrogen-bond donors (Lipinski definition) is 1. The second-order valence-electron chi connectivity index (χ2n) is 5.53. The Morgan fingerprint density at radius 3 is 2.60 bits per heavy atom. The zero-order valence-electron chi connectivity index (χ0n) is 12.4. The summed E-state index contributed by atoms with van der Waals surface area (Å²) in [5, 5.41) is 5.09. The lowest BCUT2D eigenvalue weighted by Crippen LogP contribution is -2.30. The van der Waals surface area contributed by atoms with Gasteiger partial charge in [0.15, 0.2) is 0 Å². The quantitative estimate of drug-likeness (QED) is 0.859. The summed E-state index contributed by atoms with van der Waals surface area (Å²) in [4.78, 5) is 2.43. The van der Waals surface area contributed by atoms with Gasteiger partial charge in [0.25, 0.3) is 0 Å². The van der Waals surface area contributed by atoms with E-state index < -0.39 is 0 Å². The van der Waals surface area contributed by atoms with E-state index in [1.807, 2.05) is 12.1 Å². The molecule has 2 rings (SSSR count). The maximum absolute atomic E-state index is 5.94. The van der Waals surface area contributed by atoms with Crippen LogP contribution in [0, 0.1) is 0 Å². The summed E-state index contributed by atoms with van der Waals surface area (Å²) in [6.07, 6.45) is 2.64. The Balaban J connectivity index is 1.73. The molecule has 0 aromatic heterocycles. The van der Waals surface area contributed by atoms with E-state index >= 15 is 0 Å². The highest BCUT2D eigenvalue weighted by molar-refractivity contribution is 7.99. The first-order valence-electron chi connectivity index (χ1n) is 7.45. The fourth-order valence-electron chi connectivity index (χ4n) is 2.51. The van der Waals surface area contributed by atoms with Gasteiger partial charge in [0, 0.05) is 28.6 Å². The van der Waals surface area contributed by atoms with Crippen LogP contribution in [0.25, 0.3) is 0 Å². The summed E-state index contributed by atoms with van der Waals surface area (Å²) in [5.74, 6) is 1.22. The largest absolute Gasteiger partial charge is 0.317 e. The Hall–Kier alpha value is -0.220. The van der Waals surface area contributed by atoms with Crippen molar-refractivity contribution in [3.63, 3.8) is 0 Å². The Morgan fingerprint density at radius 2 is 1.95 bits per heavy atom. The van der Waals surface area contributed by atoms with Crippen molar-refractivity contribution in [1.82, 2.24) is 10.2 Å². The third-order valence-corrected chi connectivity index (χ3v) is 5.71. The number of nitrogens with zero attached hydrogens (tertiary/aromatic N) is 1. The third kappa shape index (κ3) is 4.96. The maximum Gasteiger partial charge on any atom is 0.0406 e. The van der Waals surface area contributed by atoms with Crippen LogP contribution in [0.3, 0.4) is 0 Å². The summed E-state index contributed by atoms with van der Waals surface area (Å²) < 4.78 is 0. The smallest absolute Gasteiger partial charge is 0.0406 e. The van der Waals surface area contributed by atoms with E-state index in [0.717, 1.165) is 16.8 Å². The zero-order valence-corrected chi connectivity index (χ0v) is 14.0. The van der Waals surface area contributed by atoms with Gasteiger partial charge in [0.2, 0.25) is 0 Å². The van der Waals surface area contributed by atoms with Crippen LogP contribution in [0.15, 0.2) is 24.3 Å². The lowest BCUT2D eigenvalue weighted by molar-refractivity contribution is 0.278. The van der Waals surface area contributed by atoms with Crippen molar-refractivity contribution in [2.24, 2.45) is 0 Å². The lowest BCUT2D eigenvalue weighted by atomic mass is 10.1. The molecule has 1 fully saturated rings. The number of halogens is 1. The second kappa shape index (κ2) is 8.28. The van der Waals surface area contributed by atoms with E-state index in [9.17, 15) is 0 Å². The van der Waals surface area contributed by atoms with Gasteiger partial charge in [-0.05, 0) is 57.6 Å².